The maximum atomic E-state index is 2.56. The summed E-state index contributed by atoms with van der Waals surface area (Å²) in [6.07, 6.45) is 0. The van der Waals surface area contributed by atoms with Crippen LogP contribution in [0.4, 0.5) is 0 Å². The summed E-state index contributed by atoms with van der Waals surface area (Å²) < 4.78 is 5.03. The van der Waals surface area contributed by atoms with E-state index in [2.05, 4.69) is 228 Å². The second-order valence-electron chi connectivity index (χ2n) is 15.2. The van der Waals surface area contributed by atoms with Crippen LogP contribution in [-0.2, 0) is 0 Å². The van der Waals surface area contributed by atoms with E-state index in [1.807, 2.05) is 11.8 Å². The molecule has 0 atom stereocenters. The van der Waals surface area contributed by atoms with Crippen molar-refractivity contribution in [3.05, 3.63) is 218 Å². The number of benzene rings is 9. The fourth-order valence-corrected chi connectivity index (χ4v) is 16.9. The highest BCUT2D eigenvalue weighted by Gasteiger charge is 2.47. The molecule has 9 aromatic carbocycles. The molecule has 11 aromatic rings. The van der Waals surface area contributed by atoms with Crippen LogP contribution in [0.3, 0.4) is 0 Å². The molecule has 0 saturated heterocycles. The van der Waals surface area contributed by atoms with Crippen molar-refractivity contribution in [2.45, 2.75) is 9.79 Å². The molecule has 12 rings (SSSR count). The Morgan fingerprint density at radius 2 is 0.879 bits per heavy atom. The molecule has 1 aliphatic heterocycles. The van der Waals surface area contributed by atoms with Gasteiger partial charge in [-0.3, -0.25) is 0 Å². The van der Waals surface area contributed by atoms with Crippen molar-refractivity contribution in [2.24, 2.45) is 0 Å². The van der Waals surface area contributed by atoms with E-state index in [9.17, 15) is 0 Å². The summed E-state index contributed by atoms with van der Waals surface area (Å²) in [5.74, 6) is 0. The zero-order valence-corrected chi connectivity index (χ0v) is 33.4. The molecule has 2 nitrogen and oxygen atoms in total. The van der Waals surface area contributed by atoms with E-state index in [1.54, 1.807) is 0 Å². The second kappa shape index (κ2) is 13.1. The van der Waals surface area contributed by atoms with E-state index in [-0.39, 0.29) is 0 Å². The van der Waals surface area contributed by atoms with Crippen LogP contribution < -0.4 is 20.7 Å². The van der Waals surface area contributed by atoms with Crippen LogP contribution >= 0.6 is 11.8 Å². The van der Waals surface area contributed by atoms with Gasteiger partial charge in [0.1, 0.15) is 0 Å². The largest absolute Gasteiger partial charge is 0.309 e. The van der Waals surface area contributed by atoms with Crippen molar-refractivity contribution >= 4 is 84.2 Å². The molecule has 58 heavy (non-hydrogen) atoms. The van der Waals surface area contributed by atoms with Gasteiger partial charge in [0.15, 0.2) is 8.07 Å². The van der Waals surface area contributed by atoms with Crippen molar-refractivity contribution in [3.8, 4) is 22.5 Å². The SMILES string of the molecule is c1ccc(-c2ccccc2-n2c3ccccc3c3c(-n4c5ccccc5c5ccc([Si]6(c7ccccc7)c7ccccc7Sc7ccccc76)cc54)cccc32)cc1. The minimum Gasteiger partial charge on any atom is -0.309 e. The molecule has 0 N–H and O–H groups in total. The maximum absolute atomic E-state index is 2.78. The lowest BCUT2D eigenvalue weighted by Crippen LogP contribution is -2.76. The van der Waals surface area contributed by atoms with Gasteiger partial charge < -0.3 is 9.13 Å². The van der Waals surface area contributed by atoms with Crippen molar-refractivity contribution in [2.75, 3.05) is 0 Å². The van der Waals surface area contributed by atoms with Crippen LogP contribution in [0.25, 0.3) is 66.1 Å². The Morgan fingerprint density at radius 3 is 1.64 bits per heavy atom. The first-order chi connectivity index (χ1) is 28.8. The number of aromatic nitrogens is 2. The smallest absolute Gasteiger partial charge is 0.181 e. The summed E-state index contributed by atoms with van der Waals surface area (Å²) in [4.78, 5) is 2.71. The monoisotopic (exact) mass is 772 g/mol. The molecule has 0 bridgehead atoms. The van der Waals surface area contributed by atoms with Gasteiger partial charge in [0, 0.05) is 36.9 Å². The van der Waals surface area contributed by atoms with Crippen LogP contribution in [0.15, 0.2) is 228 Å². The van der Waals surface area contributed by atoms with Gasteiger partial charge in [0.25, 0.3) is 0 Å². The van der Waals surface area contributed by atoms with Crippen LogP contribution in [0.2, 0.25) is 0 Å². The van der Waals surface area contributed by atoms with Crippen molar-refractivity contribution in [1.29, 1.82) is 0 Å². The summed E-state index contributed by atoms with van der Waals surface area (Å²) in [5.41, 5.74) is 9.58. The first-order valence-electron chi connectivity index (χ1n) is 19.9. The number of hydrogen-bond donors (Lipinski definition) is 0. The third-order valence-corrected chi connectivity index (χ3v) is 18.6. The minimum absolute atomic E-state index is 1.17. The molecule has 2 aromatic heterocycles. The van der Waals surface area contributed by atoms with E-state index < -0.39 is 8.07 Å². The van der Waals surface area contributed by atoms with Crippen LogP contribution in [0, 0.1) is 0 Å². The molecule has 3 heterocycles. The summed E-state index contributed by atoms with van der Waals surface area (Å²) in [5, 5.41) is 10.7. The maximum Gasteiger partial charge on any atom is 0.181 e. The lowest BCUT2D eigenvalue weighted by Gasteiger charge is -2.39. The van der Waals surface area contributed by atoms with Crippen LogP contribution in [-0.4, -0.2) is 17.2 Å². The molecule has 0 saturated carbocycles. The standard InChI is InChI=1S/C54H36N2SSi/c1-3-18-37(19-4-1)40-22-7-10-25-44(40)55-46-27-12-9-24-43(46)54-47(55)28-17-29-48(54)56-45-26-11-8-23-41(45)42-35-34-39(36-49(42)56)58(38-20-5-2-6-21-38)52-32-15-13-30-50(52)57-51-31-14-16-33-53(51)58/h1-36H. The molecule has 0 amide bonds. The predicted octanol–water partition coefficient (Wildman–Crippen LogP) is 11.4. The molecule has 0 radical (unpaired) electrons. The van der Waals surface area contributed by atoms with Gasteiger partial charge in [-0.2, -0.15) is 0 Å². The number of nitrogens with zero attached hydrogens (tertiary/aromatic N) is 2. The van der Waals surface area contributed by atoms with E-state index >= 15 is 0 Å². The quantitative estimate of drug-likeness (QED) is 0.158. The lowest BCUT2D eigenvalue weighted by molar-refractivity contribution is 1.17. The van der Waals surface area contributed by atoms with E-state index in [4.69, 9.17) is 0 Å². The number of fused-ring (bicyclic) bond motifs is 8. The van der Waals surface area contributed by atoms with E-state index in [1.165, 1.54) is 96.7 Å². The van der Waals surface area contributed by atoms with Gasteiger partial charge in [-0.15, -0.1) is 0 Å². The average molecular weight is 773 g/mol. The lowest BCUT2D eigenvalue weighted by atomic mass is 10.0. The normalized spacial score (nSPS) is 13.2. The Labute approximate surface area is 342 Å². The molecule has 272 valence electrons. The molecular formula is C54H36N2SSi. The van der Waals surface area contributed by atoms with Gasteiger partial charge in [0.2, 0.25) is 0 Å². The summed E-state index contributed by atoms with van der Waals surface area (Å²) in [6, 6.07) is 81.4. The number of rotatable bonds is 5. The average Bonchev–Trinajstić information content (AvgIpc) is 3.81. The van der Waals surface area contributed by atoms with Crippen molar-refractivity contribution in [3.63, 3.8) is 0 Å². The van der Waals surface area contributed by atoms with Gasteiger partial charge in [-0.1, -0.05) is 182 Å². The summed E-state index contributed by atoms with van der Waals surface area (Å²) >= 11 is 1.91. The van der Waals surface area contributed by atoms with Crippen LogP contribution in [0.1, 0.15) is 0 Å². The molecule has 0 fully saturated rings. The third-order valence-electron chi connectivity index (χ3n) is 12.3. The van der Waals surface area contributed by atoms with Gasteiger partial charge in [-0.25, -0.2) is 0 Å². The number of para-hydroxylation sites is 3. The van der Waals surface area contributed by atoms with E-state index in [0.29, 0.717) is 0 Å². The van der Waals surface area contributed by atoms with Gasteiger partial charge in [-0.05, 0) is 74.8 Å². The Kier molecular flexibility index (Phi) is 7.52. The van der Waals surface area contributed by atoms with Crippen molar-refractivity contribution < 1.29 is 0 Å². The Balaban J connectivity index is 1.19. The van der Waals surface area contributed by atoms with Crippen molar-refractivity contribution in [1.82, 2.24) is 9.13 Å². The highest BCUT2D eigenvalue weighted by Crippen LogP contribution is 2.42. The molecule has 0 spiro atoms. The number of hydrogen-bond acceptors (Lipinski definition) is 1. The Hall–Kier alpha value is -6.85. The summed E-state index contributed by atoms with van der Waals surface area (Å²) in [7, 11) is -2.78. The van der Waals surface area contributed by atoms with Gasteiger partial charge in [0.05, 0.1) is 33.4 Å². The topological polar surface area (TPSA) is 9.86 Å². The Morgan fingerprint density at radius 1 is 0.345 bits per heavy atom. The first-order valence-corrected chi connectivity index (χ1v) is 22.8. The fraction of sp³-hybridized carbons (Fsp3) is 0. The predicted molar refractivity (Wildman–Crippen MR) is 248 cm³/mol. The van der Waals surface area contributed by atoms with Crippen LogP contribution in [0.5, 0.6) is 0 Å². The zero-order chi connectivity index (χ0) is 38.2. The third kappa shape index (κ3) is 4.73. The molecule has 1 aliphatic rings. The Bertz CT molecular complexity index is 3330. The molecular weight excluding hydrogens is 737 g/mol. The highest BCUT2D eigenvalue weighted by atomic mass is 32.2. The zero-order valence-electron chi connectivity index (χ0n) is 31.6. The molecule has 0 aliphatic carbocycles. The fourth-order valence-electron chi connectivity index (χ4n) is 9.91. The molecule has 4 heteroatoms. The molecule has 0 unspecified atom stereocenters. The first kappa shape index (κ1) is 33.3. The highest BCUT2D eigenvalue weighted by molar-refractivity contribution is 8.00. The van der Waals surface area contributed by atoms with Gasteiger partial charge >= 0.3 is 0 Å². The summed E-state index contributed by atoms with van der Waals surface area (Å²) in [6.45, 7) is 0. The van der Waals surface area contributed by atoms with E-state index in [0.717, 1.165) is 0 Å². The minimum atomic E-state index is -2.78. The second-order valence-corrected chi connectivity index (χ2v) is 20.0.